The van der Waals surface area contributed by atoms with Gasteiger partial charge in [-0.3, -0.25) is 0 Å². The summed E-state index contributed by atoms with van der Waals surface area (Å²) >= 11 is 8.06. The molecule has 4 aromatic rings. The number of hydrogen-bond donors (Lipinski definition) is 2. The van der Waals surface area contributed by atoms with E-state index in [2.05, 4.69) is 40.6 Å². The highest BCUT2D eigenvalue weighted by Gasteiger charge is 2.53. The van der Waals surface area contributed by atoms with Gasteiger partial charge in [-0.25, -0.2) is 13.4 Å². The Morgan fingerprint density at radius 3 is 2.30 bits per heavy atom. The van der Waals surface area contributed by atoms with Crippen LogP contribution in [0, 0.1) is 5.92 Å². The average molecular weight is 677 g/mol. The third-order valence-corrected chi connectivity index (χ3v) is 12.1. The minimum Gasteiger partial charge on any atom is -0.391 e. The molecule has 1 saturated heterocycles. The number of benzene rings is 3. The summed E-state index contributed by atoms with van der Waals surface area (Å²) in [6.45, 7) is -0.0357. The van der Waals surface area contributed by atoms with E-state index in [-0.39, 0.29) is 40.7 Å². The zero-order chi connectivity index (χ0) is 31.9. The van der Waals surface area contributed by atoms with Gasteiger partial charge in [0.25, 0.3) is 0 Å². The molecular weight excluding hydrogens is 640 g/mol. The van der Waals surface area contributed by atoms with Crippen molar-refractivity contribution < 1.29 is 23.0 Å². The molecule has 7 rings (SSSR count). The topological polar surface area (TPSA) is 97.8 Å². The Bertz CT molecular complexity index is 1780. The van der Waals surface area contributed by atoms with E-state index in [1.54, 1.807) is 12.3 Å². The van der Waals surface area contributed by atoms with Crippen molar-refractivity contribution in [2.45, 2.75) is 73.6 Å². The van der Waals surface area contributed by atoms with Crippen molar-refractivity contribution in [1.82, 2.24) is 10.3 Å². The summed E-state index contributed by atoms with van der Waals surface area (Å²) in [4.78, 5) is 5.47. The quantitative estimate of drug-likeness (QED) is 0.188. The summed E-state index contributed by atoms with van der Waals surface area (Å²) in [6, 6.07) is 26.1. The average Bonchev–Trinajstić information content (AvgIpc) is 3.87. The van der Waals surface area contributed by atoms with Crippen molar-refractivity contribution in [3.63, 3.8) is 0 Å². The lowest BCUT2D eigenvalue weighted by molar-refractivity contribution is -0.173. The Hall–Kier alpha value is -3.05. The van der Waals surface area contributed by atoms with Crippen LogP contribution in [-0.4, -0.2) is 36.6 Å². The molecule has 2 N–H and O–H groups in total. The highest BCUT2D eigenvalue weighted by atomic mass is 35.5. The number of hydrogen-bond acceptors (Lipinski definition) is 8. The summed E-state index contributed by atoms with van der Waals surface area (Å²) in [5.74, 6) is -0.313. The maximum absolute atomic E-state index is 12.3. The van der Waals surface area contributed by atoms with Gasteiger partial charge in [-0.1, -0.05) is 84.4 Å². The Labute approximate surface area is 279 Å². The lowest BCUT2D eigenvalue weighted by Gasteiger charge is -2.29. The number of thiazole rings is 1. The van der Waals surface area contributed by atoms with Crippen LogP contribution >= 0.6 is 22.9 Å². The minimum atomic E-state index is -3.45. The van der Waals surface area contributed by atoms with E-state index >= 15 is 0 Å². The summed E-state index contributed by atoms with van der Waals surface area (Å²) in [7, 11) is -3.45. The number of nitrogens with zero attached hydrogens (tertiary/aromatic N) is 1. The molecule has 2 unspecified atom stereocenters. The second-order valence-corrected chi connectivity index (χ2v) is 16.1. The summed E-state index contributed by atoms with van der Waals surface area (Å²) in [5.41, 5.74) is 4.17. The molecule has 1 saturated carbocycles. The highest BCUT2D eigenvalue weighted by molar-refractivity contribution is 7.90. The Morgan fingerprint density at radius 2 is 1.72 bits per heavy atom. The molecule has 0 radical (unpaired) electrons. The van der Waals surface area contributed by atoms with Crippen molar-refractivity contribution in [1.29, 1.82) is 0 Å². The van der Waals surface area contributed by atoms with Crippen molar-refractivity contribution >= 4 is 38.5 Å². The van der Waals surface area contributed by atoms with Gasteiger partial charge in [-0.15, -0.1) is 11.3 Å². The Kier molecular flexibility index (Phi) is 8.82. The lowest BCUT2D eigenvalue weighted by Crippen LogP contribution is -2.31. The van der Waals surface area contributed by atoms with Gasteiger partial charge in [0.15, 0.2) is 15.6 Å². The zero-order valence-electron chi connectivity index (χ0n) is 25.5. The molecule has 3 aliphatic rings. The van der Waals surface area contributed by atoms with E-state index < -0.39 is 15.6 Å². The molecule has 3 heterocycles. The Balaban J connectivity index is 1.14. The number of aromatic nitrogens is 1. The van der Waals surface area contributed by atoms with Gasteiger partial charge in [0.2, 0.25) is 0 Å². The standard InChI is InChI=1S/C36H37ClN2O5S2/c1-46(41,42)32-15-12-26(19-29(32)37)28(30-13-14-31(39-30)35-38-21-27(22-40)45-35)18-23-16-17-36(20-23)43-33(24-8-4-2-5-9-24)34(44-36)25-10-6-3-7-11-25/h2-12,14-15,19,21,23,28,30,33-34,39-40H,13,16-18,20,22H2,1H3/t23-,28?,30?,33-,34-/m1/s1. The van der Waals surface area contributed by atoms with Gasteiger partial charge < -0.3 is 19.9 Å². The smallest absolute Gasteiger partial charge is 0.176 e. The van der Waals surface area contributed by atoms with E-state index in [9.17, 15) is 13.5 Å². The van der Waals surface area contributed by atoms with E-state index in [4.69, 9.17) is 21.1 Å². The predicted molar refractivity (Wildman–Crippen MR) is 180 cm³/mol. The Morgan fingerprint density at radius 1 is 1.04 bits per heavy atom. The summed E-state index contributed by atoms with van der Waals surface area (Å²) < 4.78 is 38.5. The third-order valence-electron chi connectivity index (χ3n) is 9.46. The summed E-state index contributed by atoms with van der Waals surface area (Å²) in [6.07, 6.45) is 8.81. The van der Waals surface area contributed by atoms with Crippen molar-refractivity contribution in [2.24, 2.45) is 5.92 Å². The lowest BCUT2D eigenvalue weighted by atomic mass is 9.82. The highest BCUT2D eigenvalue weighted by Crippen LogP contribution is 2.55. The number of ether oxygens (including phenoxy) is 2. The first-order valence-corrected chi connectivity index (χ1v) is 18.8. The number of rotatable bonds is 9. The number of aliphatic hydroxyl groups excluding tert-OH is 1. The van der Waals surface area contributed by atoms with E-state index in [1.165, 1.54) is 17.6 Å². The number of nitrogens with one attached hydrogen (secondary N) is 1. The molecule has 10 heteroatoms. The van der Waals surface area contributed by atoms with Gasteiger partial charge in [-0.05, 0) is 54.0 Å². The van der Waals surface area contributed by atoms with Crippen molar-refractivity contribution in [3.05, 3.63) is 123 Å². The zero-order valence-corrected chi connectivity index (χ0v) is 27.9. The van der Waals surface area contributed by atoms with Crippen LogP contribution in [0.2, 0.25) is 5.02 Å². The van der Waals surface area contributed by atoms with E-state index in [1.807, 2.05) is 48.5 Å². The SMILES string of the molecule is CS(=O)(=O)c1ccc(C(C[C@H]2CCC3(C2)O[C@H](c2ccccc2)[C@@H](c2ccccc2)O3)C2CC=C(c3ncc(CO)s3)N2)cc1Cl. The third kappa shape index (κ3) is 6.41. The molecule has 0 bridgehead atoms. The van der Waals surface area contributed by atoms with Gasteiger partial charge in [0.05, 0.1) is 27.1 Å². The van der Waals surface area contributed by atoms with Crippen LogP contribution in [-0.2, 0) is 25.9 Å². The van der Waals surface area contributed by atoms with Gasteiger partial charge in [0, 0.05) is 37.3 Å². The minimum absolute atomic E-state index is 0.0357. The van der Waals surface area contributed by atoms with Gasteiger partial charge in [0.1, 0.15) is 17.2 Å². The number of sulfone groups is 1. The number of halogens is 1. The molecule has 2 fully saturated rings. The molecule has 1 aromatic heterocycles. The van der Waals surface area contributed by atoms with Crippen LogP contribution in [0.3, 0.4) is 0 Å². The fourth-order valence-corrected chi connectivity index (χ4v) is 9.40. The number of aliphatic hydroxyl groups is 1. The largest absolute Gasteiger partial charge is 0.391 e. The molecular formula is C36H37ClN2O5S2. The molecule has 1 aliphatic carbocycles. The molecule has 3 aromatic carbocycles. The van der Waals surface area contributed by atoms with Crippen molar-refractivity contribution in [2.75, 3.05) is 6.26 Å². The molecule has 2 aliphatic heterocycles. The van der Waals surface area contributed by atoms with E-state index in [0.29, 0.717) is 5.92 Å². The van der Waals surface area contributed by atoms with Crippen molar-refractivity contribution in [3.8, 4) is 0 Å². The van der Waals surface area contributed by atoms with E-state index in [0.717, 1.165) is 64.4 Å². The fourth-order valence-electron chi connectivity index (χ4n) is 7.29. The van der Waals surface area contributed by atoms with Crippen LogP contribution in [0.15, 0.2) is 96.0 Å². The van der Waals surface area contributed by atoms with Crippen LogP contribution in [0.25, 0.3) is 5.70 Å². The first kappa shape index (κ1) is 31.5. The van der Waals surface area contributed by atoms with Crippen LogP contribution < -0.4 is 5.32 Å². The maximum atomic E-state index is 12.3. The fraction of sp³-hybridized carbons (Fsp3) is 0.361. The summed E-state index contributed by atoms with van der Waals surface area (Å²) in [5, 5.41) is 14.3. The van der Waals surface area contributed by atoms with Crippen LogP contribution in [0.1, 0.15) is 76.8 Å². The molecule has 240 valence electrons. The maximum Gasteiger partial charge on any atom is 0.176 e. The van der Waals surface area contributed by atoms with Crippen LogP contribution in [0.5, 0.6) is 0 Å². The second kappa shape index (κ2) is 12.9. The molecule has 0 amide bonds. The molecule has 5 atom stereocenters. The molecule has 1 spiro atoms. The molecule has 7 nitrogen and oxygen atoms in total. The first-order valence-electron chi connectivity index (χ1n) is 15.7. The monoisotopic (exact) mass is 676 g/mol. The van der Waals surface area contributed by atoms with Gasteiger partial charge >= 0.3 is 0 Å². The normalized spacial score (nSPS) is 24.6. The molecule has 46 heavy (non-hydrogen) atoms. The van der Waals surface area contributed by atoms with Gasteiger partial charge in [-0.2, -0.15) is 0 Å². The van der Waals surface area contributed by atoms with Crippen LogP contribution in [0.4, 0.5) is 0 Å². The second-order valence-electron chi connectivity index (χ2n) is 12.6. The first-order chi connectivity index (χ1) is 22.2. The predicted octanol–water partition coefficient (Wildman–Crippen LogP) is 7.59.